The highest BCUT2D eigenvalue weighted by molar-refractivity contribution is 7.06. The summed E-state index contributed by atoms with van der Waals surface area (Å²) in [5, 5.41) is 2.90. The van der Waals surface area contributed by atoms with Crippen LogP contribution in [-0.4, -0.2) is 8.07 Å². The lowest BCUT2D eigenvalue weighted by Gasteiger charge is -2.44. The molecule has 1 heterocycles. The Morgan fingerprint density at radius 1 is 0.696 bits per heavy atom. The number of hydrogen-bond acceptors (Lipinski definition) is 1. The summed E-state index contributed by atoms with van der Waals surface area (Å²) >= 11 is 0. The second-order valence-corrected chi connectivity index (χ2v) is 18.5. The molecule has 46 heavy (non-hydrogen) atoms. The molecule has 1 aromatic heterocycles. The van der Waals surface area contributed by atoms with Crippen LogP contribution >= 0.6 is 0 Å². The molecule has 0 bridgehead atoms. The highest BCUT2D eigenvalue weighted by Crippen LogP contribution is 2.55. The third kappa shape index (κ3) is 5.00. The van der Waals surface area contributed by atoms with E-state index in [9.17, 15) is 0 Å². The normalized spacial score (nSPS) is 17.9. The van der Waals surface area contributed by atoms with E-state index in [0.717, 1.165) is 5.76 Å². The van der Waals surface area contributed by atoms with Crippen molar-refractivity contribution in [2.24, 2.45) is 5.41 Å². The molecule has 0 saturated carbocycles. The van der Waals surface area contributed by atoms with Gasteiger partial charge in [0.25, 0.3) is 0 Å². The maximum atomic E-state index is 6.32. The van der Waals surface area contributed by atoms with E-state index >= 15 is 0 Å². The van der Waals surface area contributed by atoms with Gasteiger partial charge in [-0.15, -0.1) is 0 Å². The standard InChI is InChI=1S/C44H44OSi/c1-30(2)32-22-24-33(25-23-32)37-19-13-20-38-39(37)29-40(41-21-14-26-45-41)43(38)46(35-15-9-7-10-16-35,36-17-11-8-12-18-36)42-28-34(27-31(42)3)44(4,5)6/h7-30,42-43H,1-6H3. The molecular weight excluding hydrogens is 573 g/mol. The SMILES string of the molecule is CC1=CC(C(C)(C)C)=CC1[Si](c1ccccc1)(c1ccccc1)C1C(c2ccco2)=Cc2c(-c3ccc(C(C)C)cc3)cccc21. The zero-order chi connectivity index (χ0) is 32.1. The molecule has 4 aromatic carbocycles. The van der Waals surface area contributed by atoms with E-state index in [1.54, 1.807) is 0 Å². The van der Waals surface area contributed by atoms with E-state index in [2.05, 4.69) is 169 Å². The predicted molar refractivity (Wildman–Crippen MR) is 198 cm³/mol. The van der Waals surface area contributed by atoms with Gasteiger partial charge in [0.05, 0.1) is 6.26 Å². The fraction of sp³-hybridized carbons (Fsp3) is 0.227. The molecule has 0 radical (unpaired) electrons. The number of hydrogen-bond donors (Lipinski definition) is 0. The van der Waals surface area contributed by atoms with Crippen LogP contribution in [0.4, 0.5) is 0 Å². The van der Waals surface area contributed by atoms with Crippen LogP contribution in [0, 0.1) is 5.41 Å². The Morgan fingerprint density at radius 3 is 1.89 bits per heavy atom. The first kappa shape index (κ1) is 30.3. The summed E-state index contributed by atoms with van der Waals surface area (Å²) in [4.78, 5) is 0. The molecule has 0 spiro atoms. The van der Waals surface area contributed by atoms with Gasteiger partial charge in [-0.25, -0.2) is 0 Å². The van der Waals surface area contributed by atoms with Crippen molar-refractivity contribution in [3.63, 3.8) is 0 Å². The van der Waals surface area contributed by atoms with Crippen molar-refractivity contribution in [2.45, 2.75) is 58.5 Å². The van der Waals surface area contributed by atoms with Crippen molar-refractivity contribution >= 4 is 30.1 Å². The van der Waals surface area contributed by atoms with Crippen LogP contribution in [0.25, 0.3) is 22.8 Å². The maximum Gasteiger partial charge on any atom is 0.140 e. The van der Waals surface area contributed by atoms with Crippen LogP contribution < -0.4 is 10.4 Å². The van der Waals surface area contributed by atoms with E-state index < -0.39 is 8.07 Å². The summed E-state index contributed by atoms with van der Waals surface area (Å²) in [6, 6.07) is 43.3. The third-order valence-corrected chi connectivity index (χ3v) is 16.0. The molecule has 230 valence electrons. The molecule has 0 aliphatic heterocycles. The maximum absolute atomic E-state index is 6.32. The molecule has 2 atom stereocenters. The highest BCUT2D eigenvalue weighted by atomic mass is 28.3. The van der Waals surface area contributed by atoms with Crippen molar-refractivity contribution in [3.05, 3.63) is 167 Å². The van der Waals surface area contributed by atoms with E-state index in [1.807, 2.05) is 12.3 Å². The summed E-state index contributed by atoms with van der Waals surface area (Å²) in [5.74, 6) is 1.47. The minimum absolute atomic E-state index is 0.0616. The van der Waals surface area contributed by atoms with Gasteiger partial charge >= 0.3 is 0 Å². The monoisotopic (exact) mass is 616 g/mol. The molecule has 2 heteroatoms. The smallest absolute Gasteiger partial charge is 0.140 e. The number of benzene rings is 4. The van der Waals surface area contributed by atoms with Crippen molar-refractivity contribution in [2.75, 3.05) is 0 Å². The van der Waals surface area contributed by atoms with Crippen LogP contribution in [0.1, 0.15) is 75.5 Å². The Labute approximate surface area is 276 Å². The molecular formula is C44H44OSi. The van der Waals surface area contributed by atoms with Gasteiger partial charge in [-0.2, -0.15) is 0 Å². The average molecular weight is 617 g/mol. The van der Waals surface area contributed by atoms with E-state index in [-0.39, 0.29) is 16.5 Å². The highest BCUT2D eigenvalue weighted by Gasteiger charge is 2.55. The first-order chi connectivity index (χ1) is 22.2. The van der Waals surface area contributed by atoms with Crippen LogP contribution in [0.2, 0.25) is 5.54 Å². The van der Waals surface area contributed by atoms with Crippen molar-refractivity contribution in [1.29, 1.82) is 0 Å². The number of allylic oxidation sites excluding steroid dienone is 5. The lowest BCUT2D eigenvalue weighted by Crippen LogP contribution is -2.65. The zero-order valence-corrected chi connectivity index (χ0v) is 28.9. The van der Waals surface area contributed by atoms with Crippen LogP contribution in [0.15, 0.2) is 149 Å². The Morgan fingerprint density at radius 2 is 1.35 bits per heavy atom. The summed E-state index contributed by atoms with van der Waals surface area (Å²) in [6.45, 7) is 13.9. The minimum atomic E-state index is -2.76. The first-order valence-corrected chi connectivity index (χ1v) is 18.9. The van der Waals surface area contributed by atoms with Crippen molar-refractivity contribution in [3.8, 4) is 11.1 Å². The molecule has 5 aromatic rings. The largest absolute Gasteiger partial charge is 0.465 e. The van der Waals surface area contributed by atoms with E-state index in [0.29, 0.717) is 5.92 Å². The van der Waals surface area contributed by atoms with Gasteiger partial charge < -0.3 is 4.42 Å². The zero-order valence-electron chi connectivity index (χ0n) is 27.9. The average Bonchev–Trinajstić information content (AvgIpc) is 3.82. The summed E-state index contributed by atoms with van der Waals surface area (Å²) in [6.07, 6.45) is 9.40. The number of rotatable bonds is 7. The van der Waals surface area contributed by atoms with Gasteiger partial charge in [0.15, 0.2) is 0 Å². The Bertz CT molecular complexity index is 1890. The number of furan rings is 1. The predicted octanol–water partition coefficient (Wildman–Crippen LogP) is 10.8. The topological polar surface area (TPSA) is 13.1 Å². The molecule has 1 nitrogen and oxygen atoms in total. The fourth-order valence-corrected chi connectivity index (χ4v) is 14.2. The van der Waals surface area contributed by atoms with Gasteiger partial charge in [-0.3, -0.25) is 0 Å². The minimum Gasteiger partial charge on any atom is -0.465 e. The third-order valence-electron chi connectivity index (χ3n) is 10.3. The van der Waals surface area contributed by atoms with Crippen LogP contribution in [-0.2, 0) is 0 Å². The second-order valence-electron chi connectivity index (χ2n) is 14.4. The molecule has 2 aliphatic carbocycles. The molecule has 0 amide bonds. The molecule has 2 unspecified atom stereocenters. The van der Waals surface area contributed by atoms with Gasteiger partial charge in [0.2, 0.25) is 0 Å². The molecule has 0 fully saturated rings. The first-order valence-electron chi connectivity index (χ1n) is 16.7. The number of fused-ring (bicyclic) bond motifs is 1. The van der Waals surface area contributed by atoms with Gasteiger partial charge in [-0.1, -0.05) is 166 Å². The Hall–Kier alpha value is -4.40. The van der Waals surface area contributed by atoms with Crippen molar-refractivity contribution in [1.82, 2.24) is 0 Å². The fourth-order valence-electron chi connectivity index (χ4n) is 7.97. The quantitative estimate of drug-likeness (QED) is 0.166. The lowest BCUT2D eigenvalue weighted by molar-refractivity contribution is 0.517. The van der Waals surface area contributed by atoms with E-state index in [1.165, 1.54) is 54.9 Å². The lowest BCUT2D eigenvalue weighted by atomic mass is 9.87. The van der Waals surface area contributed by atoms with Crippen molar-refractivity contribution < 1.29 is 4.42 Å². The second kappa shape index (κ2) is 11.8. The Balaban J connectivity index is 1.56. The summed E-state index contributed by atoms with van der Waals surface area (Å²) in [5.41, 5.74) is 11.3. The molecule has 7 rings (SSSR count). The van der Waals surface area contributed by atoms with Gasteiger partial charge in [-0.05, 0) is 69.9 Å². The van der Waals surface area contributed by atoms with E-state index in [4.69, 9.17) is 4.42 Å². The van der Waals surface area contributed by atoms with Crippen LogP contribution in [0.3, 0.4) is 0 Å². The molecule has 2 aliphatic rings. The van der Waals surface area contributed by atoms with Gasteiger partial charge in [0.1, 0.15) is 13.8 Å². The van der Waals surface area contributed by atoms with Crippen LogP contribution in [0.5, 0.6) is 0 Å². The van der Waals surface area contributed by atoms with Gasteiger partial charge in [0, 0.05) is 16.7 Å². The molecule has 0 N–H and O–H groups in total. The molecule has 0 saturated heterocycles. The summed E-state index contributed by atoms with van der Waals surface area (Å²) < 4.78 is 6.32. The summed E-state index contributed by atoms with van der Waals surface area (Å²) in [7, 11) is -2.76. The Kier molecular flexibility index (Phi) is 7.73.